The van der Waals surface area contributed by atoms with Crippen molar-refractivity contribution in [2.24, 2.45) is 5.73 Å². The lowest BCUT2D eigenvalue weighted by Crippen LogP contribution is -2.57. The summed E-state index contributed by atoms with van der Waals surface area (Å²) in [6.07, 6.45) is -3.77. The van der Waals surface area contributed by atoms with Crippen molar-refractivity contribution in [2.75, 3.05) is 0 Å². The highest BCUT2D eigenvalue weighted by atomic mass is 35.5. The van der Waals surface area contributed by atoms with Gasteiger partial charge in [0.2, 0.25) is 0 Å². The van der Waals surface area contributed by atoms with Crippen LogP contribution in [-0.4, -0.2) is 22.9 Å². The molecular weight excluding hydrogens is 323 g/mol. The Morgan fingerprint density at radius 1 is 1.32 bits per heavy atom. The number of ether oxygens (including phenoxy) is 1. The molecule has 3 N–H and O–H groups in total. The van der Waals surface area contributed by atoms with Crippen molar-refractivity contribution >= 4 is 18.2 Å². The standard InChI is InChI=1S/C14H16F3NO3.ClH/c1-12(20)6-3-7-13(18,11(12)19)9-4-2-5-10(8-9)21-14(15,16)17;/h2,4-5,8,20H,3,6-7,18H2,1H3;1H. The van der Waals surface area contributed by atoms with Crippen molar-refractivity contribution in [3.8, 4) is 5.75 Å². The van der Waals surface area contributed by atoms with E-state index in [4.69, 9.17) is 5.73 Å². The number of rotatable bonds is 2. The van der Waals surface area contributed by atoms with Crippen LogP contribution in [0.15, 0.2) is 24.3 Å². The van der Waals surface area contributed by atoms with Gasteiger partial charge in [-0.15, -0.1) is 25.6 Å². The van der Waals surface area contributed by atoms with Gasteiger partial charge in [0.05, 0.1) is 0 Å². The largest absolute Gasteiger partial charge is 0.573 e. The molecule has 0 heterocycles. The van der Waals surface area contributed by atoms with E-state index in [0.717, 1.165) is 12.1 Å². The first kappa shape index (κ1) is 18.7. The molecule has 0 saturated heterocycles. The summed E-state index contributed by atoms with van der Waals surface area (Å²) in [6.45, 7) is 1.37. The molecular formula is C14H17ClF3NO3. The zero-order chi connectivity index (χ0) is 15.9. The molecule has 0 aromatic heterocycles. The summed E-state index contributed by atoms with van der Waals surface area (Å²) in [5, 5.41) is 10.1. The van der Waals surface area contributed by atoms with Crippen LogP contribution >= 0.6 is 12.4 Å². The minimum Gasteiger partial charge on any atom is -0.406 e. The zero-order valence-electron chi connectivity index (χ0n) is 11.8. The fourth-order valence-electron chi connectivity index (χ4n) is 2.67. The van der Waals surface area contributed by atoms with Crippen LogP contribution in [0, 0.1) is 0 Å². The molecule has 2 rings (SSSR count). The molecule has 1 saturated carbocycles. The van der Waals surface area contributed by atoms with Crippen LogP contribution < -0.4 is 10.5 Å². The second-order valence-electron chi connectivity index (χ2n) is 5.50. The first-order valence-corrected chi connectivity index (χ1v) is 6.47. The second-order valence-corrected chi connectivity index (χ2v) is 5.50. The minimum atomic E-state index is -4.82. The van der Waals surface area contributed by atoms with E-state index >= 15 is 0 Å². The quantitative estimate of drug-likeness (QED) is 0.869. The number of alkyl halides is 3. The van der Waals surface area contributed by atoms with Crippen LogP contribution in [0.2, 0.25) is 0 Å². The highest BCUT2D eigenvalue weighted by Gasteiger charge is 2.49. The van der Waals surface area contributed by atoms with E-state index in [0.29, 0.717) is 6.42 Å². The molecule has 22 heavy (non-hydrogen) atoms. The molecule has 1 aliphatic carbocycles. The number of nitrogens with two attached hydrogens (primary N) is 1. The number of carbonyl (C=O) groups is 1. The lowest BCUT2D eigenvalue weighted by atomic mass is 9.70. The summed E-state index contributed by atoms with van der Waals surface area (Å²) in [5.41, 5.74) is 3.21. The number of Topliss-reactive ketones (excluding diaryl/α,β-unsaturated/α-hetero) is 1. The summed E-state index contributed by atoms with van der Waals surface area (Å²) in [4.78, 5) is 12.3. The van der Waals surface area contributed by atoms with Gasteiger partial charge in [0.1, 0.15) is 16.9 Å². The van der Waals surface area contributed by atoms with Gasteiger partial charge in [-0.05, 0) is 43.9 Å². The molecule has 8 heteroatoms. The van der Waals surface area contributed by atoms with Gasteiger partial charge >= 0.3 is 6.36 Å². The van der Waals surface area contributed by atoms with Crippen molar-refractivity contribution in [3.63, 3.8) is 0 Å². The molecule has 0 bridgehead atoms. The number of hydrogen-bond donors (Lipinski definition) is 2. The SMILES string of the molecule is CC1(O)CCCC(N)(c2cccc(OC(F)(F)F)c2)C1=O.Cl. The third-order valence-electron chi connectivity index (χ3n) is 3.71. The van der Waals surface area contributed by atoms with E-state index in [1.54, 1.807) is 0 Å². The van der Waals surface area contributed by atoms with Crippen molar-refractivity contribution in [3.05, 3.63) is 29.8 Å². The van der Waals surface area contributed by atoms with Gasteiger partial charge in [0.25, 0.3) is 0 Å². The Balaban J connectivity index is 0.00000242. The average Bonchev–Trinajstić information content (AvgIpc) is 2.34. The highest BCUT2D eigenvalue weighted by molar-refractivity contribution is 5.96. The van der Waals surface area contributed by atoms with Gasteiger partial charge in [-0.1, -0.05) is 12.1 Å². The summed E-state index contributed by atoms with van der Waals surface area (Å²) in [7, 11) is 0. The van der Waals surface area contributed by atoms with Gasteiger partial charge < -0.3 is 15.6 Å². The van der Waals surface area contributed by atoms with Gasteiger partial charge in [0, 0.05) is 0 Å². The molecule has 2 atom stereocenters. The van der Waals surface area contributed by atoms with Crippen molar-refractivity contribution in [1.29, 1.82) is 0 Å². The smallest absolute Gasteiger partial charge is 0.406 e. The van der Waals surface area contributed by atoms with Gasteiger partial charge in [0.15, 0.2) is 5.78 Å². The number of ketones is 1. The normalized spacial score (nSPS) is 28.9. The molecule has 2 unspecified atom stereocenters. The molecule has 0 spiro atoms. The van der Waals surface area contributed by atoms with Crippen LogP contribution in [0.25, 0.3) is 0 Å². The van der Waals surface area contributed by atoms with Crippen LogP contribution in [0.3, 0.4) is 0 Å². The molecule has 4 nitrogen and oxygen atoms in total. The highest BCUT2D eigenvalue weighted by Crippen LogP contribution is 2.38. The summed E-state index contributed by atoms with van der Waals surface area (Å²) in [6, 6.07) is 5.02. The third-order valence-corrected chi connectivity index (χ3v) is 3.71. The molecule has 1 fully saturated rings. The molecule has 1 aromatic rings. The molecule has 0 amide bonds. The molecule has 124 valence electrons. The van der Waals surface area contributed by atoms with Crippen LogP contribution in [0.4, 0.5) is 13.2 Å². The first-order chi connectivity index (χ1) is 9.55. The van der Waals surface area contributed by atoms with Gasteiger partial charge in [-0.2, -0.15) is 0 Å². The Morgan fingerprint density at radius 3 is 2.55 bits per heavy atom. The number of hydrogen-bond acceptors (Lipinski definition) is 4. The Kier molecular flexibility index (Phi) is 5.16. The topological polar surface area (TPSA) is 72.6 Å². The van der Waals surface area contributed by atoms with E-state index in [9.17, 15) is 23.1 Å². The predicted molar refractivity (Wildman–Crippen MR) is 75.7 cm³/mol. The van der Waals surface area contributed by atoms with Crippen molar-refractivity contribution < 1.29 is 27.8 Å². The lowest BCUT2D eigenvalue weighted by molar-refractivity contribution is -0.274. The van der Waals surface area contributed by atoms with E-state index in [2.05, 4.69) is 4.74 Å². The molecule has 1 aliphatic rings. The number of benzene rings is 1. The monoisotopic (exact) mass is 339 g/mol. The fraction of sp³-hybridized carbons (Fsp3) is 0.500. The van der Waals surface area contributed by atoms with E-state index in [1.807, 2.05) is 0 Å². The van der Waals surface area contributed by atoms with Gasteiger partial charge in [-0.3, -0.25) is 4.79 Å². The Bertz CT molecular complexity index is 563. The zero-order valence-corrected chi connectivity index (χ0v) is 12.6. The number of carbonyl (C=O) groups excluding carboxylic acids is 1. The van der Waals surface area contributed by atoms with Crippen LogP contribution in [-0.2, 0) is 10.3 Å². The van der Waals surface area contributed by atoms with E-state index < -0.39 is 29.0 Å². The maximum Gasteiger partial charge on any atom is 0.573 e. The molecule has 1 aromatic carbocycles. The first-order valence-electron chi connectivity index (χ1n) is 6.47. The number of halogens is 4. The number of aliphatic hydroxyl groups is 1. The van der Waals surface area contributed by atoms with Crippen molar-refractivity contribution in [1.82, 2.24) is 0 Å². The van der Waals surface area contributed by atoms with Gasteiger partial charge in [-0.25, -0.2) is 0 Å². The molecule has 0 aliphatic heterocycles. The minimum absolute atomic E-state index is 0. The average molecular weight is 340 g/mol. The summed E-state index contributed by atoms with van der Waals surface area (Å²) < 4.78 is 40.6. The molecule has 0 radical (unpaired) electrons. The lowest BCUT2D eigenvalue weighted by Gasteiger charge is -2.40. The van der Waals surface area contributed by atoms with Crippen molar-refractivity contribution in [2.45, 2.75) is 43.7 Å². The third kappa shape index (κ3) is 3.71. The van der Waals surface area contributed by atoms with E-state index in [1.165, 1.54) is 19.1 Å². The maximum atomic E-state index is 12.3. The summed E-state index contributed by atoms with van der Waals surface area (Å²) >= 11 is 0. The Labute approximate surface area is 131 Å². The predicted octanol–water partition coefficient (Wildman–Crippen LogP) is 2.67. The Hall–Kier alpha value is -1.31. The Morgan fingerprint density at radius 2 is 1.95 bits per heavy atom. The van der Waals surface area contributed by atoms with E-state index in [-0.39, 0.29) is 30.8 Å². The summed E-state index contributed by atoms with van der Waals surface area (Å²) in [5.74, 6) is -1.03. The second kappa shape index (κ2) is 6.06. The van der Waals surface area contributed by atoms with Crippen LogP contribution in [0.1, 0.15) is 31.7 Å². The van der Waals surface area contributed by atoms with Crippen LogP contribution in [0.5, 0.6) is 5.75 Å². The fourth-order valence-corrected chi connectivity index (χ4v) is 2.67. The maximum absolute atomic E-state index is 12.3.